The third-order valence-corrected chi connectivity index (χ3v) is 3.10. The molecular weight excluding hydrogens is 358 g/mol. The third kappa shape index (κ3) is 5.35. The van der Waals surface area contributed by atoms with E-state index in [1.165, 1.54) is 0 Å². The summed E-state index contributed by atoms with van der Waals surface area (Å²) in [5, 5.41) is 20.3. The molecule has 11 nitrogen and oxygen atoms in total. The van der Waals surface area contributed by atoms with E-state index in [4.69, 9.17) is 18.6 Å². The van der Waals surface area contributed by atoms with Gasteiger partial charge in [0, 0.05) is 23.9 Å². The van der Waals surface area contributed by atoms with Crippen LogP contribution in [0.5, 0.6) is 0 Å². The van der Waals surface area contributed by atoms with E-state index in [0.29, 0.717) is 16.2 Å². The second-order valence-corrected chi connectivity index (χ2v) is 6.14. The molecule has 1 aromatic carbocycles. The van der Waals surface area contributed by atoms with E-state index >= 15 is 0 Å². The summed E-state index contributed by atoms with van der Waals surface area (Å²) in [5.41, 5.74) is 0.671. The first-order chi connectivity index (χ1) is 11.7. The van der Waals surface area contributed by atoms with E-state index in [-0.39, 0.29) is 5.65 Å². The van der Waals surface area contributed by atoms with Crippen molar-refractivity contribution in [1.82, 2.24) is 15.0 Å². The Labute approximate surface area is 144 Å². The van der Waals surface area contributed by atoms with Crippen LogP contribution in [0.4, 0.5) is 5.82 Å². The molecule has 0 saturated carbocycles. The fraction of sp³-hybridized carbons (Fsp3) is 0.308. The summed E-state index contributed by atoms with van der Waals surface area (Å²) < 4.78 is 34.9. The summed E-state index contributed by atoms with van der Waals surface area (Å²) >= 11 is 0. The van der Waals surface area contributed by atoms with Crippen LogP contribution >= 0.6 is 0 Å². The van der Waals surface area contributed by atoms with Gasteiger partial charge < -0.3 is 20.1 Å². The number of nitrogens with zero attached hydrogens (tertiary/aromatic N) is 4. The van der Waals surface area contributed by atoms with Gasteiger partial charge in [-0.1, -0.05) is 28.1 Å². The molecule has 0 aliphatic carbocycles. The number of pyridine rings is 1. The van der Waals surface area contributed by atoms with Gasteiger partial charge in [-0.05, 0) is 25.3 Å². The molecule has 0 radical (unpaired) electrons. The Balaban J connectivity index is 0.000000399. The normalized spacial score (nSPS) is 12.3. The molecule has 12 heteroatoms. The molecule has 0 spiro atoms. The van der Waals surface area contributed by atoms with Gasteiger partial charge in [-0.15, -0.1) is 0 Å². The fourth-order valence-corrected chi connectivity index (χ4v) is 2.10. The quantitative estimate of drug-likeness (QED) is 0.379. The van der Waals surface area contributed by atoms with Crippen molar-refractivity contribution in [3.63, 3.8) is 0 Å². The molecule has 0 aliphatic rings. The summed E-state index contributed by atoms with van der Waals surface area (Å²) in [7, 11) is -0.190. The zero-order chi connectivity index (χ0) is 18.6. The van der Waals surface area contributed by atoms with Crippen LogP contribution in [-0.4, -0.2) is 56.2 Å². The van der Waals surface area contributed by atoms with Gasteiger partial charge in [0.05, 0.1) is 0 Å². The topological polar surface area (TPSA) is 165 Å². The number of hydrogen-bond donors (Lipinski definition) is 4. The number of aromatic nitrogens is 3. The first-order valence-corrected chi connectivity index (χ1v) is 8.32. The number of anilines is 1. The predicted molar refractivity (Wildman–Crippen MR) is 82.0 cm³/mol. The van der Waals surface area contributed by atoms with Crippen molar-refractivity contribution in [1.29, 1.82) is 0 Å². The van der Waals surface area contributed by atoms with Crippen molar-refractivity contribution in [2.45, 2.75) is 0 Å². The number of fused-ring (bicyclic) bond motifs is 3. The summed E-state index contributed by atoms with van der Waals surface area (Å²) in [5.74, 6) is 0.669. The second-order valence-electron chi connectivity index (χ2n) is 5.27. The van der Waals surface area contributed by atoms with Crippen LogP contribution in [0.3, 0.4) is 0 Å². The number of benzene rings is 1. The standard InChI is InChI=1S/C13H15N5O2.ClH3O4/c1-17(2)8-7-14-12-10-6-4-3-5-9(10)11-13(15-12)18(19)20-16-11;2-1(3,4)5/h3-6H,7-8H2,1-2H3,(H,14,15);2-4H. The average molecular weight is 376 g/mol. The van der Waals surface area contributed by atoms with Crippen molar-refractivity contribution < 1.29 is 38.4 Å². The zero-order valence-corrected chi connectivity index (χ0v) is 14.2. The van der Waals surface area contributed by atoms with E-state index in [1.54, 1.807) is 0 Å². The van der Waals surface area contributed by atoms with Crippen molar-refractivity contribution in [2.24, 2.45) is 0 Å². The minimum absolute atomic E-state index is 0.191. The molecule has 0 amide bonds. The zero-order valence-electron chi connectivity index (χ0n) is 13.5. The van der Waals surface area contributed by atoms with E-state index < -0.39 is 10.2 Å². The van der Waals surface area contributed by atoms with Crippen LogP contribution in [-0.2, 0) is 0 Å². The number of halogens is 1. The van der Waals surface area contributed by atoms with Crippen molar-refractivity contribution in [2.75, 3.05) is 32.5 Å². The number of hydrogen-bond acceptors (Lipinski definition) is 10. The Morgan fingerprint density at radius 1 is 1.24 bits per heavy atom. The van der Waals surface area contributed by atoms with Crippen molar-refractivity contribution in [3.05, 3.63) is 29.5 Å². The fourth-order valence-electron chi connectivity index (χ4n) is 2.10. The molecule has 0 atom stereocenters. The van der Waals surface area contributed by atoms with Crippen molar-refractivity contribution in [3.8, 4) is 0 Å². The predicted octanol–water partition coefficient (Wildman–Crippen LogP) is -1.88. The van der Waals surface area contributed by atoms with Crippen LogP contribution in [0.15, 0.2) is 28.9 Å². The van der Waals surface area contributed by atoms with Gasteiger partial charge in [-0.2, -0.15) is 0 Å². The van der Waals surface area contributed by atoms with Crippen LogP contribution in [0.2, 0.25) is 0 Å². The van der Waals surface area contributed by atoms with Crippen LogP contribution in [0.25, 0.3) is 21.9 Å². The van der Waals surface area contributed by atoms with Gasteiger partial charge in [-0.3, -0.25) is 0 Å². The number of rotatable bonds is 4. The van der Waals surface area contributed by atoms with E-state index in [2.05, 4.69) is 25.0 Å². The molecule has 3 aromatic rings. The van der Waals surface area contributed by atoms with E-state index in [1.807, 2.05) is 38.4 Å². The Hall–Kier alpha value is -2.28. The Morgan fingerprint density at radius 2 is 1.84 bits per heavy atom. The van der Waals surface area contributed by atoms with Gasteiger partial charge in [0.2, 0.25) is 11.3 Å². The molecule has 0 aliphatic heterocycles. The molecule has 2 heterocycles. The molecule has 3 rings (SSSR count). The minimum atomic E-state index is -4.19. The Morgan fingerprint density at radius 3 is 2.44 bits per heavy atom. The number of nitrogens with one attached hydrogen (secondary N) is 1. The van der Waals surface area contributed by atoms with Gasteiger partial charge in [-0.25, -0.2) is 0 Å². The summed E-state index contributed by atoms with van der Waals surface area (Å²) in [6, 6.07) is 7.68. The summed E-state index contributed by atoms with van der Waals surface area (Å²) in [6.07, 6.45) is 0. The molecule has 0 bridgehead atoms. The SMILES string of the molecule is CN(C)CCNc1nc2c(no[n+]2[O-])c2ccccc12.[O-][Cl+](O)(O)O. The Kier molecular flexibility index (Phi) is 5.89. The summed E-state index contributed by atoms with van der Waals surface area (Å²) in [4.78, 5) is 6.73. The van der Waals surface area contributed by atoms with E-state index in [0.717, 1.165) is 23.9 Å². The second kappa shape index (κ2) is 7.74. The molecule has 0 saturated heterocycles. The average Bonchev–Trinajstić information content (AvgIpc) is 2.87. The molecule has 0 fully saturated rings. The van der Waals surface area contributed by atoms with E-state index in [9.17, 15) is 5.21 Å². The van der Waals surface area contributed by atoms with Gasteiger partial charge >= 0.3 is 34.5 Å². The maximum absolute atomic E-state index is 11.5. The van der Waals surface area contributed by atoms with Gasteiger partial charge in [0.1, 0.15) is 0 Å². The summed E-state index contributed by atoms with van der Waals surface area (Å²) in [6.45, 7) is 1.61. The monoisotopic (exact) mass is 375 g/mol. The molecule has 2 aromatic heterocycles. The molecule has 138 valence electrons. The third-order valence-electron chi connectivity index (χ3n) is 3.10. The van der Waals surface area contributed by atoms with Crippen molar-refractivity contribution >= 4 is 27.8 Å². The molecule has 0 unspecified atom stereocenters. The molecule has 25 heavy (non-hydrogen) atoms. The van der Waals surface area contributed by atoms with Crippen LogP contribution in [0.1, 0.15) is 0 Å². The van der Waals surface area contributed by atoms with Crippen LogP contribution < -0.4 is 14.9 Å². The first kappa shape index (κ1) is 19.1. The first-order valence-electron chi connectivity index (χ1n) is 7.00. The Bertz CT molecular complexity index is 844. The number of likely N-dealkylation sites (N-methyl/N-ethyl adjacent to an activating group) is 1. The van der Waals surface area contributed by atoms with Gasteiger partial charge in [0.15, 0.2) is 0 Å². The molecule has 4 N–H and O–H groups in total. The van der Waals surface area contributed by atoms with Crippen LogP contribution in [0, 0.1) is 15.5 Å². The maximum atomic E-state index is 11.5. The molecular formula is C13H18ClN5O6. The van der Waals surface area contributed by atoms with Gasteiger partial charge in [0.25, 0.3) is 0 Å².